The van der Waals surface area contributed by atoms with E-state index in [0.29, 0.717) is 23.4 Å². The lowest BCUT2D eigenvalue weighted by Crippen LogP contribution is -2.53. The first-order chi connectivity index (χ1) is 16.4. The molecule has 2 unspecified atom stereocenters. The number of amides is 3. The average Bonchev–Trinajstić information content (AvgIpc) is 3.40. The van der Waals surface area contributed by atoms with E-state index in [0.717, 1.165) is 10.5 Å². The van der Waals surface area contributed by atoms with Gasteiger partial charge in [-0.15, -0.1) is 0 Å². The van der Waals surface area contributed by atoms with E-state index in [4.69, 9.17) is 0 Å². The summed E-state index contributed by atoms with van der Waals surface area (Å²) in [7, 11) is 0. The summed E-state index contributed by atoms with van der Waals surface area (Å²) in [6.07, 6.45) is 0.336. The maximum absolute atomic E-state index is 14.3. The molecule has 1 spiro atoms. The monoisotopic (exact) mass is 457 g/mol. The van der Waals surface area contributed by atoms with Gasteiger partial charge < -0.3 is 10.4 Å². The second-order valence-electron chi connectivity index (χ2n) is 8.92. The van der Waals surface area contributed by atoms with Gasteiger partial charge in [0.05, 0.1) is 17.5 Å². The molecule has 34 heavy (non-hydrogen) atoms. The van der Waals surface area contributed by atoms with Crippen molar-refractivity contribution in [3.05, 3.63) is 89.7 Å². The summed E-state index contributed by atoms with van der Waals surface area (Å²) in [5.74, 6) is -3.66. The molecule has 170 valence electrons. The van der Waals surface area contributed by atoms with Crippen molar-refractivity contribution in [1.82, 2.24) is 5.32 Å². The van der Waals surface area contributed by atoms with Gasteiger partial charge in [-0.3, -0.25) is 19.7 Å². The molecular formula is C26H20FN3O4. The third kappa shape index (κ3) is 2.75. The SMILES string of the molecule is O=C1[C@@H]2C(Cc3ccc(O)cc3)NC3(C(=O)Nc4ccc(F)cc43)[C@@H]2C(=O)N1c1ccccc1. The number of nitrogens with zero attached hydrogens (tertiary/aromatic N) is 1. The number of halogens is 1. The van der Waals surface area contributed by atoms with E-state index in [1.54, 1.807) is 54.6 Å². The van der Waals surface area contributed by atoms with Crippen molar-refractivity contribution in [1.29, 1.82) is 0 Å². The first-order valence-corrected chi connectivity index (χ1v) is 11.0. The molecule has 3 aliphatic rings. The number of anilines is 2. The Kier molecular flexibility index (Phi) is 4.37. The van der Waals surface area contributed by atoms with E-state index in [2.05, 4.69) is 10.6 Å². The standard InChI is InChI=1S/C26H20FN3O4/c27-15-8-11-19-18(13-15)26(25(34)28-19)22-21(20(29-26)12-14-6-9-17(31)10-7-14)23(32)30(24(22)33)16-4-2-1-3-5-16/h1-11,13,20-22,29,31H,12H2,(H,28,34)/t20?,21-,22+,26?/m1/s1. The van der Waals surface area contributed by atoms with Crippen LogP contribution >= 0.6 is 0 Å². The minimum atomic E-state index is -1.57. The highest BCUT2D eigenvalue weighted by Gasteiger charge is 2.70. The third-order valence-electron chi connectivity index (χ3n) is 7.08. The summed E-state index contributed by atoms with van der Waals surface area (Å²) in [4.78, 5) is 42.1. The maximum atomic E-state index is 14.3. The van der Waals surface area contributed by atoms with Crippen molar-refractivity contribution in [2.75, 3.05) is 10.2 Å². The zero-order valence-electron chi connectivity index (χ0n) is 17.9. The maximum Gasteiger partial charge on any atom is 0.250 e. The average molecular weight is 457 g/mol. The number of nitrogens with one attached hydrogen (secondary N) is 2. The Balaban J connectivity index is 1.50. The number of para-hydroxylation sites is 1. The highest BCUT2D eigenvalue weighted by Crippen LogP contribution is 2.54. The topological polar surface area (TPSA) is 98.7 Å². The molecule has 3 aromatic rings. The molecule has 0 bridgehead atoms. The predicted molar refractivity (Wildman–Crippen MR) is 121 cm³/mol. The second-order valence-corrected chi connectivity index (χ2v) is 8.92. The molecule has 7 nitrogen and oxygen atoms in total. The first kappa shape index (κ1) is 20.6. The molecule has 8 heteroatoms. The normalized spacial score (nSPS) is 27.3. The number of carbonyl (C=O) groups is 3. The number of fused-ring (bicyclic) bond motifs is 4. The summed E-state index contributed by atoms with van der Waals surface area (Å²) < 4.78 is 14.3. The number of phenols is 1. The predicted octanol–water partition coefficient (Wildman–Crippen LogP) is 2.70. The summed E-state index contributed by atoms with van der Waals surface area (Å²) in [5.41, 5.74) is 0.434. The Morgan fingerprint density at radius 3 is 2.41 bits per heavy atom. The lowest BCUT2D eigenvalue weighted by Gasteiger charge is -2.29. The molecule has 0 radical (unpaired) electrons. The van der Waals surface area contributed by atoms with Crippen LogP contribution in [0.3, 0.4) is 0 Å². The van der Waals surface area contributed by atoms with E-state index >= 15 is 0 Å². The fourth-order valence-corrected chi connectivity index (χ4v) is 5.67. The fraction of sp³-hybridized carbons (Fsp3) is 0.192. The van der Waals surface area contributed by atoms with Gasteiger partial charge in [-0.2, -0.15) is 0 Å². The largest absolute Gasteiger partial charge is 0.508 e. The van der Waals surface area contributed by atoms with Gasteiger partial charge in [-0.05, 0) is 54.4 Å². The van der Waals surface area contributed by atoms with Crippen LogP contribution in [0.4, 0.5) is 15.8 Å². The number of aromatic hydroxyl groups is 1. The van der Waals surface area contributed by atoms with Crippen molar-refractivity contribution in [3.8, 4) is 5.75 Å². The van der Waals surface area contributed by atoms with Gasteiger partial charge in [-0.1, -0.05) is 30.3 Å². The number of phenolic OH excluding ortho intramolecular Hbond substituents is 1. The Bertz CT molecular complexity index is 1340. The zero-order chi connectivity index (χ0) is 23.6. The van der Waals surface area contributed by atoms with Gasteiger partial charge in [0.15, 0.2) is 0 Å². The van der Waals surface area contributed by atoms with Crippen LogP contribution < -0.4 is 15.5 Å². The van der Waals surface area contributed by atoms with Crippen LogP contribution in [0, 0.1) is 17.7 Å². The van der Waals surface area contributed by atoms with Crippen molar-refractivity contribution in [2.24, 2.45) is 11.8 Å². The number of hydrogen-bond donors (Lipinski definition) is 3. The van der Waals surface area contributed by atoms with Gasteiger partial charge in [0.1, 0.15) is 17.1 Å². The molecule has 0 saturated carbocycles. The molecule has 2 fully saturated rings. The van der Waals surface area contributed by atoms with Crippen molar-refractivity contribution in [3.63, 3.8) is 0 Å². The summed E-state index contributed by atoms with van der Waals surface area (Å²) in [6, 6.07) is 18.6. The van der Waals surface area contributed by atoms with Gasteiger partial charge in [0.25, 0.3) is 0 Å². The van der Waals surface area contributed by atoms with Gasteiger partial charge in [-0.25, -0.2) is 9.29 Å². The highest BCUT2D eigenvalue weighted by atomic mass is 19.1. The number of benzene rings is 3. The van der Waals surface area contributed by atoms with Crippen LogP contribution in [0.2, 0.25) is 0 Å². The minimum absolute atomic E-state index is 0.111. The highest BCUT2D eigenvalue weighted by molar-refractivity contribution is 6.25. The van der Waals surface area contributed by atoms with Crippen molar-refractivity contribution >= 4 is 29.1 Å². The van der Waals surface area contributed by atoms with Crippen molar-refractivity contribution < 1.29 is 23.9 Å². The Labute approximate surface area is 194 Å². The zero-order valence-corrected chi connectivity index (χ0v) is 17.9. The number of carbonyl (C=O) groups excluding carboxylic acids is 3. The summed E-state index contributed by atoms with van der Waals surface area (Å²) in [5, 5.41) is 15.7. The Morgan fingerprint density at radius 1 is 0.941 bits per heavy atom. The molecule has 3 heterocycles. The van der Waals surface area contributed by atoms with Crippen LogP contribution in [-0.4, -0.2) is 28.9 Å². The van der Waals surface area contributed by atoms with E-state index in [1.165, 1.54) is 18.2 Å². The van der Waals surface area contributed by atoms with Crippen LogP contribution in [0.25, 0.3) is 0 Å². The van der Waals surface area contributed by atoms with E-state index < -0.39 is 47.0 Å². The third-order valence-corrected chi connectivity index (χ3v) is 7.08. The quantitative estimate of drug-likeness (QED) is 0.526. The molecule has 3 aliphatic heterocycles. The molecule has 3 N–H and O–H groups in total. The summed E-state index contributed by atoms with van der Waals surface area (Å²) in [6.45, 7) is 0. The molecular weight excluding hydrogens is 437 g/mol. The smallest absolute Gasteiger partial charge is 0.250 e. The lowest BCUT2D eigenvalue weighted by atomic mass is 9.76. The van der Waals surface area contributed by atoms with Crippen molar-refractivity contribution in [2.45, 2.75) is 18.0 Å². The van der Waals surface area contributed by atoms with Gasteiger partial charge >= 0.3 is 0 Å². The second kappa shape index (κ2) is 7.23. The lowest BCUT2D eigenvalue weighted by molar-refractivity contribution is -0.130. The Morgan fingerprint density at radius 2 is 1.68 bits per heavy atom. The molecule has 3 aromatic carbocycles. The van der Waals surface area contributed by atoms with E-state index in [-0.39, 0.29) is 5.75 Å². The van der Waals surface area contributed by atoms with Crippen LogP contribution in [0.15, 0.2) is 72.8 Å². The van der Waals surface area contributed by atoms with Crippen LogP contribution in [-0.2, 0) is 26.3 Å². The fourth-order valence-electron chi connectivity index (χ4n) is 5.67. The Hall–Kier alpha value is -4.04. The van der Waals surface area contributed by atoms with E-state index in [9.17, 15) is 23.9 Å². The summed E-state index contributed by atoms with van der Waals surface area (Å²) >= 11 is 0. The van der Waals surface area contributed by atoms with Gasteiger partial charge in [0, 0.05) is 17.3 Å². The number of rotatable bonds is 3. The minimum Gasteiger partial charge on any atom is -0.508 e. The molecule has 4 atom stereocenters. The molecule has 0 aliphatic carbocycles. The van der Waals surface area contributed by atoms with Crippen LogP contribution in [0.5, 0.6) is 5.75 Å². The first-order valence-electron chi connectivity index (χ1n) is 11.0. The van der Waals surface area contributed by atoms with Crippen LogP contribution in [0.1, 0.15) is 11.1 Å². The number of imide groups is 1. The molecule has 3 amide bonds. The molecule has 0 aromatic heterocycles. The van der Waals surface area contributed by atoms with E-state index in [1.807, 2.05) is 0 Å². The molecule has 6 rings (SSSR count). The molecule has 2 saturated heterocycles. The van der Waals surface area contributed by atoms with Gasteiger partial charge in [0.2, 0.25) is 17.7 Å². The number of hydrogen-bond acceptors (Lipinski definition) is 5.